The van der Waals surface area contributed by atoms with Gasteiger partial charge in [-0.05, 0) is 50.1 Å². The van der Waals surface area contributed by atoms with E-state index in [9.17, 15) is 14.9 Å². The van der Waals surface area contributed by atoms with Gasteiger partial charge in [0.2, 0.25) is 0 Å². The van der Waals surface area contributed by atoms with Crippen LogP contribution < -0.4 is 0 Å². The Morgan fingerprint density at radius 2 is 1.81 bits per heavy atom. The fourth-order valence-corrected chi connectivity index (χ4v) is 2.99. The molecule has 0 spiro atoms. The van der Waals surface area contributed by atoms with Crippen molar-refractivity contribution in [2.24, 2.45) is 0 Å². The van der Waals surface area contributed by atoms with Gasteiger partial charge in [0.25, 0.3) is 5.69 Å². The number of hydrogen-bond acceptors (Lipinski definition) is 4. The normalized spacial score (nSPS) is 10.4. The minimum atomic E-state index is -0.445. The third-order valence-corrected chi connectivity index (χ3v) is 4.35. The van der Waals surface area contributed by atoms with Gasteiger partial charge in [-0.3, -0.25) is 14.9 Å². The summed E-state index contributed by atoms with van der Waals surface area (Å²) in [6, 6.07) is 10.6. The molecule has 0 heterocycles. The van der Waals surface area contributed by atoms with E-state index in [1.165, 1.54) is 24.8 Å². The Bertz CT molecular complexity index is 725. The van der Waals surface area contributed by atoms with E-state index in [-0.39, 0.29) is 11.5 Å². The van der Waals surface area contributed by atoms with Gasteiger partial charge in [0.15, 0.2) is 5.78 Å². The van der Waals surface area contributed by atoms with Crippen LogP contribution in [0.2, 0.25) is 0 Å². The van der Waals surface area contributed by atoms with Crippen LogP contribution in [0, 0.1) is 24.0 Å². The van der Waals surface area contributed by atoms with Gasteiger partial charge in [0, 0.05) is 16.5 Å². The van der Waals surface area contributed by atoms with E-state index in [0.717, 1.165) is 16.0 Å². The molecule has 0 saturated heterocycles. The largest absolute Gasteiger partial charge is 0.295 e. The maximum Gasteiger partial charge on any atom is 0.283 e. The molecule has 0 aliphatic rings. The lowest BCUT2D eigenvalue weighted by molar-refractivity contribution is -0.387. The predicted octanol–water partition coefficient (Wildman–Crippen LogP) is 4.57. The Balaban J connectivity index is 2.46. The monoisotopic (exact) mass is 301 g/mol. The van der Waals surface area contributed by atoms with Crippen molar-refractivity contribution in [2.45, 2.75) is 30.6 Å². The van der Waals surface area contributed by atoms with Gasteiger partial charge < -0.3 is 0 Å². The van der Waals surface area contributed by atoms with Gasteiger partial charge in [0.05, 0.1) is 9.82 Å². The molecule has 0 aliphatic carbocycles. The summed E-state index contributed by atoms with van der Waals surface area (Å²) in [4.78, 5) is 23.7. The fraction of sp³-hybridized carbons (Fsp3) is 0.188. The highest BCUT2D eigenvalue weighted by Crippen LogP contribution is 2.37. The second-order valence-corrected chi connectivity index (χ2v) is 5.95. The van der Waals surface area contributed by atoms with Crippen LogP contribution in [0.3, 0.4) is 0 Å². The first kappa shape index (κ1) is 15.3. The topological polar surface area (TPSA) is 60.2 Å². The quantitative estimate of drug-likeness (QED) is 0.471. The standard InChI is InChI=1S/C16H15NO3S/c1-10-4-5-11(2)16(8-10)21-15-7-6-13(12(3)18)9-14(15)17(19)20/h4-9H,1-3H3. The molecule has 0 amide bonds. The molecule has 0 aromatic heterocycles. The van der Waals surface area contributed by atoms with E-state index in [1.54, 1.807) is 12.1 Å². The van der Waals surface area contributed by atoms with E-state index >= 15 is 0 Å². The minimum Gasteiger partial charge on any atom is -0.295 e. The van der Waals surface area contributed by atoms with Crippen LogP contribution in [0.4, 0.5) is 5.69 Å². The van der Waals surface area contributed by atoms with Crippen molar-refractivity contribution < 1.29 is 9.72 Å². The maximum atomic E-state index is 11.4. The Kier molecular flexibility index (Phi) is 4.43. The molecular weight excluding hydrogens is 286 g/mol. The number of rotatable bonds is 4. The Morgan fingerprint density at radius 3 is 2.43 bits per heavy atom. The maximum absolute atomic E-state index is 11.4. The van der Waals surface area contributed by atoms with Crippen molar-refractivity contribution in [3.8, 4) is 0 Å². The molecule has 0 aliphatic heterocycles. The van der Waals surface area contributed by atoms with E-state index < -0.39 is 4.92 Å². The molecule has 4 nitrogen and oxygen atoms in total. The number of nitrogens with zero attached hydrogens (tertiary/aromatic N) is 1. The average Bonchev–Trinajstić information content (AvgIpc) is 2.42. The first-order valence-electron chi connectivity index (χ1n) is 6.43. The first-order valence-corrected chi connectivity index (χ1v) is 7.24. The van der Waals surface area contributed by atoms with Crippen molar-refractivity contribution in [1.82, 2.24) is 0 Å². The van der Waals surface area contributed by atoms with Gasteiger partial charge in [-0.15, -0.1) is 0 Å². The minimum absolute atomic E-state index is 0.0337. The Hall–Kier alpha value is -2.14. The molecule has 5 heteroatoms. The van der Waals surface area contributed by atoms with Crippen LogP contribution in [-0.4, -0.2) is 10.7 Å². The number of aryl methyl sites for hydroxylation is 2. The summed E-state index contributed by atoms with van der Waals surface area (Å²) in [5.41, 5.74) is 2.49. The van der Waals surface area contributed by atoms with Crippen molar-refractivity contribution in [3.63, 3.8) is 0 Å². The summed E-state index contributed by atoms with van der Waals surface area (Å²) < 4.78 is 0. The third kappa shape index (κ3) is 3.49. The smallest absolute Gasteiger partial charge is 0.283 e. The van der Waals surface area contributed by atoms with Gasteiger partial charge in [-0.2, -0.15) is 0 Å². The predicted molar refractivity (Wildman–Crippen MR) is 83.1 cm³/mol. The molecule has 21 heavy (non-hydrogen) atoms. The number of Topliss-reactive ketones (excluding diaryl/α,β-unsaturated/α-hetero) is 1. The molecule has 2 aromatic carbocycles. The van der Waals surface area contributed by atoms with Crippen LogP contribution in [-0.2, 0) is 0 Å². The number of benzene rings is 2. The van der Waals surface area contributed by atoms with Crippen molar-refractivity contribution >= 4 is 23.2 Å². The van der Waals surface area contributed by atoms with Crippen molar-refractivity contribution in [2.75, 3.05) is 0 Å². The van der Waals surface area contributed by atoms with Crippen molar-refractivity contribution in [3.05, 3.63) is 63.2 Å². The van der Waals surface area contributed by atoms with Crippen molar-refractivity contribution in [1.29, 1.82) is 0 Å². The van der Waals surface area contributed by atoms with Crippen LogP contribution >= 0.6 is 11.8 Å². The van der Waals surface area contributed by atoms with E-state index in [4.69, 9.17) is 0 Å². The molecule has 0 fully saturated rings. The van der Waals surface area contributed by atoms with Crippen LogP contribution in [0.1, 0.15) is 28.4 Å². The van der Waals surface area contributed by atoms with E-state index in [0.29, 0.717) is 10.5 Å². The molecule has 0 bridgehead atoms. The zero-order valence-corrected chi connectivity index (χ0v) is 12.9. The summed E-state index contributed by atoms with van der Waals surface area (Å²) >= 11 is 1.35. The van der Waals surface area contributed by atoms with Crippen LogP contribution in [0.25, 0.3) is 0 Å². The van der Waals surface area contributed by atoms with Gasteiger partial charge in [-0.25, -0.2) is 0 Å². The number of carbonyl (C=O) groups excluding carboxylic acids is 1. The second-order valence-electron chi connectivity index (χ2n) is 4.87. The number of nitro groups is 1. The SMILES string of the molecule is CC(=O)c1ccc(Sc2cc(C)ccc2C)c([N+](=O)[O-])c1. The third-order valence-electron chi connectivity index (χ3n) is 3.13. The Morgan fingerprint density at radius 1 is 1.10 bits per heavy atom. The average molecular weight is 301 g/mol. The molecule has 2 aromatic rings. The summed E-state index contributed by atoms with van der Waals surface area (Å²) in [6.45, 7) is 5.35. The van der Waals surface area contributed by atoms with Crippen LogP contribution in [0.5, 0.6) is 0 Å². The molecule has 108 valence electrons. The molecular formula is C16H15NO3S. The van der Waals surface area contributed by atoms with Crippen LogP contribution in [0.15, 0.2) is 46.2 Å². The van der Waals surface area contributed by atoms with E-state index in [2.05, 4.69) is 0 Å². The van der Waals surface area contributed by atoms with Gasteiger partial charge in [0.1, 0.15) is 0 Å². The molecule has 0 atom stereocenters. The molecule has 2 rings (SSSR count). The molecule has 0 radical (unpaired) electrons. The summed E-state index contributed by atoms with van der Waals surface area (Å²) in [5.74, 6) is -0.179. The summed E-state index contributed by atoms with van der Waals surface area (Å²) in [5, 5.41) is 11.2. The van der Waals surface area contributed by atoms with Gasteiger partial charge >= 0.3 is 0 Å². The number of carbonyl (C=O) groups is 1. The fourth-order valence-electron chi connectivity index (χ4n) is 1.90. The second kappa shape index (κ2) is 6.10. The lowest BCUT2D eigenvalue weighted by Gasteiger charge is -2.08. The number of nitro benzene ring substituents is 1. The number of hydrogen-bond donors (Lipinski definition) is 0. The summed E-state index contributed by atoms with van der Waals surface area (Å²) in [6.07, 6.45) is 0. The van der Waals surface area contributed by atoms with E-state index in [1.807, 2.05) is 32.0 Å². The zero-order chi connectivity index (χ0) is 15.6. The Labute approximate surface area is 127 Å². The highest BCUT2D eigenvalue weighted by atomic mass is 32.2. The molecule has 0 N–H and O–H groups in total. The lowest BCUT2D eigenvalue weighted by Crippen LogP contribution is -1.97. The number of ketones is 1. The first-order chi connectivity index (χ1) is 9.88. The molecule has 0 unspecified atom stereocenters. The highest BCUT2D eigenvalue weighted by molar-refractivity contribution is 7.99. The lowest BCUT2D eigenvalue weighted by atomic mass is 10.1. The highest BCUT2D eigenvalue weighted by Gasteiger charge is 2.17. The zero-order valence-electron chi connectivity index (χ0n) is 12.0. The van der Waals surface area contributed by atoms with Gasteiger partial charge in [-0.1, -0.05) is 23.9 Å². The molecule has 0 saturated carbocycles. The summed E-state index contributed by atoms with van der Waals surface area (Å²) in [7, 11) is 0.